The molecule has 0 saturated heterocycles. The first-order valence-corrected chi connectivity index (χ1v) is 22.9. The van der Waals surface area contributed by atoms with Gasteiger partial charge in [0, 0.05) is 40.5 Å². The lowest BCUT2D eigenvalue weighted by atomic mass is 9.99. The number of aromatic nitrogens is 3. The summed E-state index contributed by atoms with van der Waals surface area (Å²) in [4.78, 5) is 17.5. The summed E-state index contributed by atoms with van der Waals surface area (Å²) >= 11 is 6.62. The molecular weight excluding hydrogens is 660 g/mol. The Morgan fingerprint density at radius 3 is 2.15 bits per heavy atom. The zero-order valence-corrected chi connectivity index (χ0v) is 30.8. The molecular formula is C31H45ClF4N4O4Si2. The van der Waals surface area contributed by atoms with Gasteiger partial charge in [0.05, 0.1) is 23.0 Å². The van der Waals surface area contributed by atoms with Crippen LogP contribution in [0.15, 0.2) is 18.2 Å². The van der Waals surface area contributed by atoms with Crippen molar-refractivity contribution >= 4 is 44.6 Å². The second-order valence-electron chi connectivity index (χ2n) is 14.8. The molecule has 46 heavy (non-hydrogen) atoms. The SMILES string of the molecule is CC(C)(C)NC(=O)c1nn(COCC[Si](C)(C)C)c2cc(-c3cc(F)c(OCOCC[Si](C)(C)C)cc3CC(F)(F)F)nc(Cl)c12. The number of nitrogens with zero attached hydrogens (tertiary/aromatic N) is 3. The number of alkyl halides is 3. The van der Waals surface area contributed by atoms with Crippen molar-refractivity contribution in [3.8, 4) is 17.0 Å². The zero-order chi connectivity index (χ0) is 34.7. The third-order valence-electron chi connectivity index (χ3n) is 6.72. The number of benzene rings is 1. The number of hydrogen-bond donors (Lipinski definition) is 1. The Hall–Kier alpha value is -2.53. The highest BCUT2D eigenvalue weighted by Crippen LogP contribution is 2.37. The maximum absolute atomic E-state index is 15.3. The Balaban J connectivity index is 2.07. The van der Waals surface area contributed by atoms with E-state index in [9.17, 15) is 18.0 Å². The molecule has 256 valence electrons. The molecule has 0 atom stereocenters. The Morgan fingerprint density at radius 1 is 0.978 bits per heavy atom. The molecule has 0 aliphatic carbocycles. The molecule has 0 unspecified atom stereocenters. The Morgan fingerprint density at radius 2 is 1.59 bits per heavy atom. The molecule has 15 heteroatoms. The first-order chi connectivity index (χ1) is 21.0. The number of amides is 1. The van der Waals surface area contributed by atoms with Gasteiger partial charge in [-0.1, -0.05) is 50.9 Å². The minimum atomic E-state index is -4.62. The predicted molar refractivity (Wildman–Crippen MR) is 179 cm³/mol. The van der Waals surface area contributed by atoms with E-state index in [1.54, 1.807) is 0 Å². The predicted octanol–water partition coefficient (Wildman–Crippen LogP) is 8.53. The molecule has 1 aromatic carbocycles. The minimum absolute atomic E-state index is 0.0117. The van der Waals surface area contributed by atoms with Gasteiger partial charge in [-0.15, -0.1) is 0 Å². The van der Waals surface area contributed by atoms with Crippen molar-refractivity contribution in [1.29, 1.82) is 0 Å². The van der Waals surface area contributed by atoms with Gasteiger partial charge >= 0.3 is 6.18 Å². The summed E-state index contributed by atoms with van der Waals surface area (Å²) in [5.41, 5.74) is -0.719. The van der Waals surface area contributed by atoms with Crippen molar-refractivity contribution in [1.82, 2.24) is 20.1 Å². The van der Waals surface area contributed by atoms with Crippen LogP contribution < -0.4 is 10.1 Å². The van der Waals surface area contributed by atoms with Gasteiger partial charge < -0.3 is 19.5 Å². The molecule has 2 heterocycles. The summed E-state index contributed by atoms with van der Waals surface area (Å²) in [5.74, 6) is -1.77. The number of carbonyl (C=O) groups excluding carboxylic acids is 1. The van der Waals surface area contributed by atoms with Crippen LogP contribution in [-0.4, -0.2) is 68.5 Å². The molecule has 8 nitrogen and oxygen atoms in total. The average molecular weight is 705 g/mol. The van der Waals surface area contributed by atoms with Crippen molar-refractivity contribution < 1.29 is 36.6 Å². The molecule has 0 fully saturated rings. The topological polar surface area (TPSA) is 87.5 Å². The number of carbonyl (C=O) groups is 1. The second-order valence-corrected chi connectivity index (χ2v) is 26.4. The summed E-state index contributed by atoms with van der Waals surface area (Å²) in [6.45, 7) is 19.1. The maximum atomic E-state index is 15.3. The molecule has 3 aromatic rings. The van der Waals surface area contributed by atoms with Gasteiger partial charge in [-0.25, -0.2) is 14.1 Å². The first kappa shape index (κ1) is 37.9. The van der Waals surface area contributed by atoms with E-state index in [1.807, 2.05) is 20.8 Å². The van der Waals surface area contributed by atoms with Gasteiger partial charge in [0.25, 0.3) is 5.91 Å². The Labute approximate surface area is 275 Å². The van der Waals surface area contributed by atoms with Gasteiger partial charge in [0.2, 0.25) is 0 Å². The van der Waals surface area contributed by atoms with E-state index in [0.29, 0.717) is 18.7 Å². The monoisotopic (exact) mass is 704 g/mol. The van der Waals surface area contributed by atoms with Gasteiger partial charge in [-0.2, -0.15) is 18.3 Å². The van der Waals surface area contributed by atoms with Crippen molar-refractivity contribution in [2.45, 2.75) is 97.0 Å². The molecule has 0 saturated carbocycles. The minimum Gasteiger partial charge on any atom is -0.464 e. The average Bonchev–Trinajstić information content (AvgIpc) is 3.24. The van der Waals surface area contributed by atoms with E-state index in [-0.39, 0.29) is 52.3 Å². The van der Waals surface area contributed by atoms with Gasteiger partial charge in [0.15, 0.2) is 24.1 Å². The summed E-state index contributed by atoms with van der Waals surface area (Å²) < 4.78 is 74.7. The van der Waals surface area contributed by atoms with Crippen molar-refractivity contribution in [2.24, 2.45) is 0 Å². The number of pyridine rings is 1. The Kier molecular flexibility index (Phi) is 12.1. The first-order valence-electron chi connectivity index (χ1n) is 15.1. The molecule has 0 aliphatic heterocycles. The number of hydrogen-bond acceptors (Lipinski definition) is 6. The lowest BCUT2D eigenvalue weighted by Crippen LogP contribution is -2.40. The molecule has 0 aliphatic rings. The third-order valence-corrected chi connectivity index (χ3v) is 10.4. The van der Waals surface area contributed by atoms with E-state index in [0.717, 1.165) is 24.2 Å². The summed E-state index contributed by atoms with van der Waals surface area (Å²) in [7, 11) is -2.77. The van der Waals surface area contributed by atoms with E-state index in [1.165, 1.54) is 10.7 Å². The van der Waals surface area contributed by atoms with Crippen LogP contribution in [0.4, 0.5) is 17.6 Å². The van der Waals surface area contributed by atoms with Crippen molar-refractivity contribution in [2.75, 3.05) is 20.0 Å². The van der Waals surface area contributed by atoms with Crippen LogP contribution in [0.2, 0.25) is 56.5 Å². The van der Waals surface area contributed by atoms with Gasteiger partial charge in [-0.05, 0) is 56.6 Å². The molecule has 0 radical (unpaired) electrons. The van der Waals surface area contributed by atoms with E-state index >= 15 is 4.39 Å². The number of ether oxygens (including phenoxy) is 3. The summed E-state index contributed by atoms with van der Waals surface area (Å²) in [6.07, 6.45) is -5.99. The number of rotatable bonds is 14. The fraction of sp³-hybridized carbons (Fsp3) is 0.581. The second kappa shape index (κ2) is 14.7. The molecule has 0 spiro atoms. The highest BCUT2D eigenvalue weighted by molar-refractivity contribution is 6.76. The molecule has 2 aromatic heterocycles. The number of halogens is 5. The lowest BCUT2D eigenvalue weighted by molar-refractivity contribution is -0.127. The highest BCUT2D eigenvalue weighted by Gasteiger charge is 2.31. The van der Waals surface area contributed by atoms with Crippen LogP contribution in [0, 0.1) is 5.82 Å². The van der Waals surface area contributed by atoms with Crippen LogP contribution in [0.25, 0.3) is 22.2 Å². The van der Waals surface area contributed by atoms with E-state index in [4.69, 9.17) is 25.8 Å². The third kappa shape index (κ3) is 11.6. The quantitative estimate of drug-likeness (QED) is 0.0595. The standard InChI is InChI=1S/C31H45ClF4N4O4Si2/c1-30(2,3)38-29(41)27-26-24(40(39-27)18-42-10-12-45(4,5)6)16-23(37-28(26)32)21-15-22(33)25(14-20(21)17-31(34,35)36)44-19-43-11-13-46(7,8)9/h14-16H,10-13,17-19H2,1-9H3,(H,38,41). The Bertz CT molecular complexity index is 1530. The highest BCUT2D eigenvalue weighted by atomic mass is 35.5. The van der Waals surface area contributed by atoms with Crippen molar-refractivity contribution in [3.05, 3.63) is 40.4 Å². The molecule has 1 N–H and O–H groups in total. The molecule has 0 bridgehead atoms. The van der Waals surface area contributed by atoms with Crippen LogP contribution in [-0.2, 0) is 22.6 Å². The van der Waals surface area contributed by atoms with E-state index in [2.05, 4.69) is 54.7 Å². The largest absolute Gasteiger partial charge is 0.464 e. The van der Waals surface area contributed by atoms with E-state index < -0.39 is 46.0 Å². The molecule has 3 rings (SSSR count). The van der Waals surface area contributed by atoms with Crippen LogP contribution in [0.1, 0.15) is 36.8 Å². The maximum Gasteiger partial charge on any atom is 0.393 e. The lowest BCUT2D eigenvalue weighted by Gasteiger charge is -2.19. The van der Waals surface area contributed by atoms with Crippen LogP contribution >= 0.6 is 11.6 Å². The zero-order valence-electron chi connectivity index (χ0n) is 28.0. The summed E-state index contributed by atoms with van der Waals surface area (Å²) in [5, 5.41) is 7.34. The van der Waals surface area contributed by atoms with Crippen LogP contribution in [0.3, 0.4) is 0 Å². The number of nitrogens with one attached hydrogen (secondary N) is 1. The fourth-order valence-corrected chi connectivity index (χ4v) is 6.11. The normalized spacial score (nSPS) is 13.0. The molecule has 1 amide bonds. The fourth-order valence-electron chi connectivity index (χ4n) is 4.32. The van der Waals surface area contributed by atoms with Crippen LogP contribution in [0.5, 0.6) is 5.75 Å². The van der Waals surface area contributed by atoms with Gasteiger partial charge in [0.1, 0.15) is 11.9 Å². The van der Waals surface area contributed by atoms with Gasteiger partial charge in [-0.3, -0.25) is 4.79 Å². The smallest absolute Gasteiger partial charge is 0.393 e. The number of fused-ring (bicyclic) bond motifs is 1. The van der Waals surface area contributed by atoms with Crippen molar-refractivity contribution in [3.63, 3.8) is 0 Å². The summed E-state index contributed by atoms with van der Waals surface area (Å²) in [6, 6.07) is 5.14.